The maximum atomic E-state index is 13.2. The summed E-state index contributed by atoms with van der Waals surface area (Å²) in [5.74, 6) is 0.0118. The number of ether oxygens (including phenoxy) is 1. The highest BCUT2D eigenvalue weighted by Gasteiger charge is 2.58. The molecule has 1 aromatic carbocycles. The predicted octanol–water partition coefficient (Wildman–Crippen LogP) is 2.55. The minimum Gasteiger partial charge on any atom is -0.376 e. The summed E-state index contributed by atoms with van der Waals surface area (Å²) >= 11 is 0. The number of benzene rings is 1. The lowest BCUT2D eigenvalue weighted by Crippen LogP contribution is -2.39. The minimum atomic E-state index is -0.257. The first-order chi connectivity index (χ1) is 11.7. The van der Waals surface area contributed by atoms with Gasteiger partial charge in [-0.1, -0.05) is 12.1 Å². The van der Waals surface area contributed by atoms with Gasteiger partial charge in [0.25, 0.3) is 0 Å². The number of carbonyl (C=O) groups excluding carboxylic acids is 1. The van der Waals surface area contributed by atoms with E-state index in [0.29, 0.717) is 0 Å². The van der Waals surface area contributed by atoms with Gasteiger partial charge in [0.15, 0.2) is 0 Å². The van der Waals surface area contributed by atoms with E-state index >= 15 is 0 Å². The SMILES string of the molecule is O=C(NC(c1ccc(F)cc1)C1CCCO1)C1CC12CCNCC2. The van der Waals surface area contributed by atoms with Crippen molar-refractivity contribution in [3.63, 3.8) is 0 Å². The Labute approximate surface area is 142 Å². The molecular formula is C19H25FN2O2. The highest BCUT2D eigenvalue weighted by molar-refractivity contribution is 5.83. The first-order valence-electron chi connectivity index (χ1n) is 9.06. The van der Waals surface area contributed by atoms with E-state index in [-0.39, 0.29) is 35.2 Å². The molecule has 2 heterocycles. The molecule has 0 radical (unpaired) electrons. The third kappa shape index (κ3) is 3.07. The molecule has 1 amide bonds. The molecule has 130 valence electrons. The average Bonchev–Trinajstić information content (AvgIpc) is 3.04. The largest absolute Gasteiger partial charge is 0.376 e. The zero-order valence-corrected chi connectivity index (χ0v) is 13.9. The van der Waals surface area contributed by atoms with Crippen LogP contribution in [0.2, 0.25) is 0 Å². The monoisotopic (exact) mass is 332 g/mol. The molecule has 1 aromatic rings. The Balaban J connectivity index is 1.47. The van der Waals surface area contributed by atoms with Gasteiger partial charge >= 0.3 is 0 Å². The van der Waals surface area contributed by atoms with Gasteiger partial charge in [-0.3, -0.25) is 4.79 Å². The van der Waals surface area contributed by atoms with Crippen LogP contribution in [0.3, 0.4) is 0 Å². The van der Waals surface area contributed by atoms with Crippen LogP contribution in [0.1, 0.15) is 43.7 Å². The second-order valence-corrected chi connectivity index (χ2v) is 7.46. The van der Waals surface area contributed by atoms with E-state index in [1.807, 2.05) is 0 Å². The number of carbonyl (C=O) groups is 1. The van der Waals surface area contributed by atoms with Crippen molar-refractivity contribution in [3.8, 4) is 0 Å². The van der Waals surface area contributed by atoms with E-state index in [9.17, 15) is 9.18 Å². The van der Waals surface area contributed by atoms with Crippen LogP contribution in [0.25, 0.3) is 0 Å². The molecule has 3 aliphatic rings. The van der Waals surface area contributed by atoms with Crippen molar-refractivity contribution in [2.75, 3.05) is 19.7 Å². The maximum absolute atomic E-state index is 13.2. The van der Waals surface area contributed by atoms with Crippen LogP contribution in [-0.2, 0) is 9.53 Å². The summed E-state index contributed by atoms with van der Waals surface area (Å²) in [6.45, 7) is 2.76. The number of amides is 1. The zero-order chi connectivity index (χ0) is 16.6. The summed E-state index contributed by atoms with van der Waals surface area (Å²) in [4.78, 5) is 12.8. The number of halogens is 1. The Bertz CT molecular complexity index is 592. The molecule has 0 bridgehead atoms. The van der Waals surface area contributed by atoms with Gasteiger partial charge in [0.2, 0.25) is 5.91 Å². The molecule has 24 heavy (non-hydrogen) atoms. The summed E-state index contributed by atoms with van der Waals surface area (Å²) in [6, 6.07) is 6.24. The van der Waals surface area contributed by atoms with Crippen molar-refractivity contribution < 1.29 is 13.9 Å². The molecule has 0 aromatic heterocycles. The molecule has 5 heteroatoms. The number of piperidine rings is 1. The Kier molecular flexibility index (Phi) is 4.31. The van der Waals surface area contributed by atoms with Gasteiger partial charge < -0.3 is 15.4 Å². The molecule has 1 saturated carbocycles. The molecule has 2 aliphatic heterocycles. The third-order valence-electron chi connectivity index (χ3n) is 5.97. The van der Waals surface area contributed by atoms with Crippen molar-refractivity contribution in [2.24, 2.45) is 11.3 Å². The van der Waals surface area contributed by atoms with E-state index in [2.05, 4.69) is 10.6 Å². The van der Waals surface area contributed by atoms with Gasteiger partial charge in [-0.05, 0) is 68.3 Å². The van der Waals surface area contributed by atoms with Crippen LogP contribution in [0.4, 0.5) is 4.39 Å². The average molecular weight is 332 g/mol. The molecule has 3 atom stereocenters. The molecule has 4 nitrogen and oxygen atoms in total. The normalized spacial score (nSPS) is 29.4. The summed E-state index contributed by atoms with van der Waals surface area (Å²) < 4.78 is 19.1. The molecule has 1 aliphatic carbocycles. The van der Waals surface area contributed by atoms with Crippen LogP contribution < -0.4 is 10.6 Å². The highest BCUT2D eigenvalue weighted by Crippen LogP contribution is 2.58. The van der Waals surface area contributed by atoms with Gasteiger partial charge in [-0.25, -0.2) is 4.39 Å². The molecule has 2 N–H and O–H groups in total. The summed E-state index contributed by atoms with van der Waals surface area (Å²) in [5, 5.41) is 6.59. The summed E-state index contributed by atoms with van der Waals surface area (Å²) in [7, 11) is 0. The van der Waals surface area contributed by atoms with Gasteiger partial charge in [0.1, 0.15) is 5.82 Å². The van der Waals surface area contributed by atoms with Crippen molar-refractivity contribution in [3.05, 3.63) is 35.6 Å². The Morgan fingerprint density at radius 3 is 2.71 bits per heavy atom. The van der Waals surface area contributed by atoms with Crippen molar-refractivity contribution in [2.45, 2.75) is 44.2 Å². The fourth-order valence-electron chi connectivity index (χ4n) is 4.38. The molecule has 3 unspecified atom stereocenters. The van der Waals surface area contributed by atoms with Crippen molar-refractivity contribution >= 4 is 5.91 Å². The standard InChI is InChI=1S/C19H25FN2O2/c20-14-5-3-13(4-6-14)17(16-2-1-11-24-16)22-18(23)15-12-19(15)7-9-21-10-8-19/h3-6,15-17,21H,1-2,7-12H2,(H,22,23). The zero-order valence-electron chi connectivity index (χ0n) is 13.9. The molecule has 2 saturated heterocycles. The van der Waals surface area contributed by atoms with Crippen LogP contribution in [0, 0.1) is 17.2 Å². The van der Waals surface area contributed by atoms with E-state index < -0.39 is 0 Å². The predicted molar refractivity (Wildman–Crippen MR) is 88.9 cm³/mol. The van der Waals surface area contributed by atoms with E-state index in [0.717, 1.165) is 57.4 Å². The first kappa shape index (κ1) is 16.0. The second-order valence-electron chi connectivity index (χ2n) is 7.46. The number of rotatable bonds is 4. The van der Waals surface area contributed by atoms with Crippen molar-refractivity contribution in [1.29, 1.82) is 0 Å². The van der Waals surface area contributed by atoms with Crippen LogP contribution in [-0.4, -0.2) is 31.7 Å². The second kappa shape index (κ2) is 6.45. The molecule has 1 spiro atoms. The number of hydrogen-bond acceptors (Lipinski definition) is 3. The van der Waals surface area contributed by atoms with Gasteiger partial charge in [0.05, 0.1) is 12.1 Å². The van der Waals surface area contributed by atoms with E-state index in [1.165, 1.54) is 12.1 Å². The van der Waals surface area contributed by atoms with E-state index in [1.54, 1.807) is 12.1 Å². The smallest absolute Gasteiger partial charge is 0.224 e. The fourth-order valence-corrected chi connectivity index (χ4v) is 4.38. The Morgan fingerprint density at radius 1 is 1.29 bits per heavy atom. The third-order valence-corrected chi connectivity index (χ3v) is 5.97. The Hall–Kier alpha value is -1.46. The maximum Gasteiger partial charge on any atom is 0.224 e. The van der Waals surface area contributed by atoms with Gasteiger partial charge in [0, 0.05) is 12.5 Å². The van der Waals surface area contributed by atoms with Crippen LogP contribution in [0.5, 0.6) is 0 Å². The van der Waals surface area contributed by atoms with Crippen LogP contribution >= 0.6 is 0 Å². The van der Waals surface area contributed by atoms with Crippen LogP contribution in [0.15, 0.2) is 24.3 Å². The topological polar surface area (TPSA) is 50.4 Å². The summed E-state index contributed by atoms with van der Waals surface area (Å²) in [6.07, 6.45) is 5.11. The molecular weight excluding hydrogens is 307 g/mol. The van der Waals surface area contributed by atoms with E-state index in [4.69, 9.17) is 4.74 Å². The van der Waals surface area contributed by atoms with Gasteiger partial charge in [-0.15, -0.1) is 0 Å². The lowest BCUT2D eigenvalue weighted by atomic mass is 9.91. The lowest BCUT2D eigenvalue weighted by Gasteiger charge is -2.27. The minimum absolute atomic E-state index is 0.0119. The molecule has 3 fully saturated rings. The van der Waals surface area contributed by atoms with Gasteiger partial charge in [-0.2, -0.15) is 0 Å². The molecule has 4 rings (SSSR count). The summed E-state index contributed by atoms with van der Waals surface area (Å²) in [5.41, 5.74) is 1.15. The lowest BCUT2D eigenvalue weighted by molar-refractivity contribution is -0.125. The highest BCUT2D eigenvalue weighted by atomic mass is 19.1. The Morgan fingerprint density at radius 2 is 2.04 bits per heavy atom. The number of hydrogen-bond donors (Lipinski definition) is 2. The quantitative estimate of drug-likeness (QED) is 0.891. The number of nitrogens with one attached hydrogen (secondary N) is 2. The first-order valence-corrected chi connectivity index (χ1v) is 9.06. The fraction of sp³-hybridized carbons (Fsp3) is 0.632. The van der Waals surface area contributed by atoms with Crippen molar-refractivity contribution in [1.82, 2.24) is 10.6 Å².